The summed E-state index contributed by atoms with van der Waals surface area (Å²) >= 11 is 0. The minimum Gasteiger partial charge on any atom is -0.383 e. The predicted octanol–water partition coefficient (Wildman–Crippen LogP) is 0.993. The first-order valence-electron chi connectivity index (χ1n) is 6.98. The zero-order chi connectivity index (χ0) is 17.2. The molecule has 0 bridgehead atoms. The maximum atomic E-state index is 14.1. The monoisotopic (exact) mass is 351 g/mol. The fraction of sp³-hybridized carbons (Fsp3) is 0.667. The van der Waals surface area contributed by atoms with Crippen LogP contribution in [0.25, 0.3) is 0 Å². The number of halogens is 1. The Kier molecular flexibility index (Phi) is 5.53. The summed E-state index contributed by atoms with van der Waals surface area (Å²) in [5, 5.41) is 0. The van der Waals surface area contributed by atoms with Gasteiger partial charge in [0.05, 0.1) is 18.8 Å². The molecule has 9 nitrogen and oxygen atoms in total. The van der Waals surface area contributed by atoms with Crippen LogP contribution in [0.3, 0.4) is 0 Å². The van der Waals surface area contributed by atoms with E-state index in [2.05, 4.69) is 4.98 Å². The second-order valence-corrected chi connectivity index (χ2v) is 6.77. The molecule has 1 fully saturated rings. The highest BCUT2D eigenvalue weighted by molar-refractivity contribution is 7.47. The van der Waals surface area contributed by atoms with Crippen LogP contribution in [0.2, 0.25) is 0 Å². The lowest BCUT2D eigenvalue weighted by molar-refractivity contribution is -0.0407. The molecule has 23 heavy (non-hydrogen) atoms. The number of ether oxygens (including phenoxy) is 1. The van der Waals surface area contributed by atoms with Crippen LogP contribution in [0, 0.1) is 0 Å². The van der Waals surface area contributed by atoms with Crippen molar-refractivity contribution in [3.63, 3.8) is 0 Å². The van der Waals surface area contributed by atoms with Gasteiger partial charge in [0.15, 0.2) is 6.23 Å². The maximum Gasteiger partial charge on any atom is 0.472 e. The Morgan fingerprint density at radius 3 is 2.96 bits per heavy atom. The van der Waals surface area contributed by atoms with Crippen LogP contribution >= 0.6 is 7.82 Å². The van der Waals surface area contributed by atoms with Gasteiger partial charge in [0.1, 0.15) is 12.0 Å². The Labute approximate surface area is 131 Å². The number of aromatic nitrogens is 2. The van der Waals surface area contributed by atoms with Crippen molar-refractivity contribution in [3.8, 4) is 0 Å². The number of phosphoric ester groups is 1. The average molecular weight is 351 g/mol. The molecule has 4 unspecified atom stereocenters. The highest BCUT2D eigenvalue weighted by Gasteiger charge is 2.38. The van der Waals surface area contributed by atoms with Crippen molar-refractivity contribution in [1.82, 2.24) is 9.55 Å². The number of rotatable bonds is 6. The molecule has 3 N–H and O–H groups in total. The Balaban J connectivity index is 1.99. The Morgan fingerprint density at radius 1 is 1.65 bits per heavy atom. The molecule has 2 rings (SSSR count). The van der Waals surface area contributed by atoms with Crippen molar-refractivity contribution < 1.29 is 27.6 Å². The third kappa shape index (κ3) is 4.82. The van der Waals surface area contributed by atoms with E-state index in [4.69, 9.17) is 19.5 Å². The van der Waals surface area contributed by atoms with Gasteiger partial charge in [-0.2, -0.15) is 4.98 Å². The molecule has 2 heterocycles. The third-order valence-corrected chi connectivity index (χ3v) is 4.19. The molecule has 4 atom stereocenters. The van der Waals surface area contributed by atoms with E-state index in [1.165, 1.54) is 12.3 Å². The van der Waals surface area contributed by atoms with E-state index in [0.717, 1.165) is 4.57 Å². The Bertz CT molecular complexity index is 654. The second kappa shape index (κ2) is 7.06. The number of anilines is 1. The maximum absolute atomic E-state index is 14.1. The zero-order valence-corrected chi connectivity index (χ0v) is 13.6. The second-order valence-electron chi connectivity index (χ2n) is 5.36. The van der Waals surface area contributed by atoms with Crippen molar-refractivity contribution in [2.45, 2.75) is 44.9 Å². The van der Waals surface area contributed by atoms with Crippen LogP contribution < -0.4 is 11.4 Å². The van der Waals surface area contributed by atoms with Crippen LogP contribution in [-0.4, -0.2) is 39.4 Å². The number of nitrogen functional groups attached to an aromatic ring is 1. The van der Waals surface area contributed by atoms with Gasteiger partial charge >= 0.3 is 13.5 Å². The van der Waals surface area contributed by atoms with Crippen LogP contribution in [0.4, 0.5) is 10.2 Å². The molecule has 0 aliphatic carbocycles. The summed E-state index contributed by atoms with van der Waals surface area (Å²) in [5.41, 5.74) is 4.63. The molecule has 1 saturated heterocycles. The molecule has 1 aromatic heterocycles. The van der Waals surface area contributed by atoms with Crippen molar-refractivity contribution in [2.75, 3.05) is 12.3 Å². The zero-order valence-electron chi connectivity index (χ0n) is 12.7. The molecule has 0 radical (unpaired) electrons. The van der Waals surface area contributed by atoms with E-state index in [1.54, 1.807) is 13.8 Å². The van der Waals surface area contributed by atoms with Gasteiger partial charge in [0, 0.05) is 12.6 Å². The quantitative estimate of drug-likeness (QED) is 0.727. The third-order valence-electron chi connectivity index (χ3n) is 3.02. The minimum absolute atomic E-state index is 0.0200. The van der Waals surface area contributed by atoms with Gasteiger partial charge in [-0.1, -0.05) is 0 Å². The molecule has 0 aromatic carbocycles. The van der Waals surface area contributed by atoms with E-state index in [0.29, 0.717) is 0 Å². The van der Waals surface area contributed by atoms with Gasteiger partial charge in [-0.15, -0.1) is 0 Å². The smallest absolute Gasteiger partial charge is 0.383 e. The number of hydrogen-bond acceptors (Lipinski definition) is 7. The van der Waals surface area contributed by atoms with Gasteiger partial charge in [0.2, 0.25) is 0 Å². The topological polar surface area (TPSA) is 126 Å². The molecule has 0 amide bonds. The highest BCUT2D eigenvalue weighted by atomic mass is 31.2. The van der Waals surface area contributed by atoms with E-state index >= 15 is 0 Å². The van der Waals surface area contributed by atoms with Crippen LogP contribution in [-0.2, 0) is 18.3 Å². The summed E-state index contributed by atoms with van der Waals surface area (Å²) < 4.78 is 41.5. The van der Waals surface area contributed by atoms with E-state index < -0.39 is 38.1 Å². The predicted molar refractivity (Wildman–Crippen MR) is 78.3 cm³/mol. The summed E-state index contributed by atoms with van der Waals surface area (Å²) in [7, 11) is -4.23. The van der Waals surface area contributed by atoms with Crippen molar-refractivity contribution in [3.05, 3.63) is 22.7 Å². The lowest BCUT2D eigenvalue weighted by Crippen LogP contribution is -2.30. The normalized spacial score (nSPS) is 27.3. The summed E-state index contributed by atoms with van der Waals surface area (Å²) in [6.45, 7) is 2.81. The van der Waals surface area contributed by atoms with E-state index in [-0.39, 0.29) is 18.8 Å². The van der Waals surface area contributed by atoms with E-state index in [1.807, 2.05) is 0 Å². The van der Waals surface area contributed by atoms with Crippen molar-refractivity contribution >= 4 is 13.6 Å². The number of phosphoric acid groups is 1. The number of alkyl halides is 1. The highest BCUT2D eigenvalue weighted by Crippen LogP contribution is 2.45. The molecular weight excluding hydrogens is 332 g/mol. The van der Waals surface area contributed by atoms with Crippen molar-refractivity contribution in [2.24, 2.45) is 0 Å². The van der Waals surface area contributed by atoms with Gasteiger partial charge in [0.25, 0.3) is 0 Å². The summed E-state index contributed by atoms with van der Waals surface area (Å²) in [4.78, 5) is 24.7. The first-order chi connectivity index (χ1) is 10.7. The lowest BCUT2D eigenvalue weighted by atomic mass is 10.2. The SMILES string of the molecule is CC(C)OP(=O)(O)OCC1CC(F)C(n2ccc(N)nc2=O)O1. The van der Waals surface area contributed by atoms with Crippen LogP contribution in [0.1, 0.15) is 26.5 Å². The number of nitrogens with two attached hydrogens (primary N) is 1. The molecular formula is C12H19FN3O6P. The first kappa shape index (κ1) is 18.0. The Morgan fingerprint density at radius 2 is 2.35 bits per heavy atom. The molecule has 0 saturated carbocycles. The summed E-state index contributed by atoms with van der Waals surface area (Å²) in [5.74, 6) is 0.0200. The molecule has 11 heteroatoms. The average Bonchev–Trinajstić information content (AvgIpc) is 2.76. The molecule has 1 aromatic rings. The van der Waals surface area contributed by atoms with Gasteiger partial charge in [-0.05, 0) is 19.9 Å². The fourth-order valence-corrected chi connectivity index (χ4v) is 3.09. The van der Waals surface area contributed by atoms with Crippen LogP contribution in [0.5, 0.6) is 0 Å². The molecule has 1 aliphatic heterocycles. The number of hydrogen-bond donors (Lipinski definition) is 2. The van der Waals surface area contributed by atoms with Crippen molar-refractivity contribution in [1.29, 1.82) is 0 Å². The lowest BCUT2D eigenvalue weighted by Gasteiger charge is -2.18. The van der Waals surface area contributed by atoms with E-state index in [9.17, 15) is 18.6 Å². The largest absolute Gasteiger partial charge is 0.472 e. The van der Waals surface area contributed by atoms with Gasteiger partial charge in [-0.25, -0.2) is 13.8 Å². The number of nitrogens with zero attached hydrogens (tertiary/aromatic N) is 2. The first-order valence-corrected chi connectivity index (χ1v) is 8.47. The minimum atomic E-state index is -4.23. The Hall–Kier alpha value is -1.32. The summed E-state index contributed by atoms with van der Waals surface area (Å²) in [6, 6.07) is 1.35. The molecule has 1 aliphatic rings. The molecule has 0 spiro atoms. The van der Waals surface area contributed by atoms with Crippen LogP contribution in [0.15, 0.2) is 17.1 Å². The summed E-state index contributed by atoms with van der Waals surface area (Å²) in [6.07, 6.45) is -2.79. The van der Waals surface area contributed by atoms with Gasteiger partial charge < -0.3 is 15.4 Å². The standard InChI is InChI=1S/C12H19FN3O6P/c1-7(2)22-23(18,19)20-6-8-5-9(13)11(21-8)16-4-3-10(14)15-12(16)17/h3-4,7-9,11H,5-6H2,1-2H3,(H,18,19)(H2,14,15,17). The fourth-order valence-electron chi connectivity index (χ4n) is 2.15. The molecule has 130 valence electrons. The van der Waals surface area contributed by atoms with Gasteiger partial charge in [-0.3, -0.25) is 13.6 Å².